The number of nitrogens with zero attached hydrogens (tertiary/aromatic N) is 4. The minimum absolute atomic E-state index is 0. The van der Waals surface area contributed by atoms with Crippen molar-refractivity contribution in [1.82, 2.24) is 14.1 Å². The molecule has 0 radical (unpaired) electrons. The molecule has 9 rings (SSSR count). The van der Waals surface area contributed by atoms with Gasteiger partial charge in [0.1, 0.15) is 17.6 Å². The average Bonchev–Trinajstić information content (AvgIpc) is 3.71. The van der Waals surface area contributed by atoms with E-state index in [4.69, 9.17) is 14.7 Å². The fourth-order valence-electron chi connectivity index (χ4n) is 8.22. The first-order valence-corrected chi connectivity index (χ1v) is 17.4. The molecule has 1 aliphatic carbocycles. The first kappa shape index (κ1) is 32.0. The Morgan fingerprint density at radius 1 is 0.837 bits per heavy atom. The van der Waals surface area contributed by atoms with E-state index >= 15 is 0 Å². The molecule has 7 aromatic rings. The van der Waals surface area contributed by atoms with Gasteiger partial charge < -0.3 is 13.9 Å². The summed E-state index contributed by atoms with van der Waals surface area (Å²) in [5.74, 6) is 1.18. The van der Waals surface area contributed by atoms with Crippen molar-refractivity contribution in [2.45, 2.75) is 84.8 Å². The third-order valence-electron chi connectivity index (χ3n) is 10.9. The van der Waals surface area contributed by atoms with Gasteiger partial charge in [0.15, 0.2) is 0 Å². The summed E-state index contributed by atoms with van der Waals surface area (Å²) in [6.07, 6.45) is 6.55. The van der Waals surface area contributed by atoms with Crippen LogP contribution in [-0.4, -0.2) is 31.7 Å². The molecule has 4 aromatic carbocycles. The molecule has 1 fully saturated rings. The van der Waals surface area contributed by atoms with Crippen LogP contribution in [0.2, 0.25) is 0 Å². The maximum absolute atomic E-state index is 6.60. The van der Waals surface area contributed by atoms with Crippen LogP contribution in [-0.2, 0) is 25.8 Å². The molecule has 6 heteroatoms. The van der Waals surface area contributed by atoms with Gasteiger partial charge in [-0.3, -0.25) is 4.99 Å². The number of rotatable bonds is 4. The molecule has 2 atom stereocenters. The number of benzene rings is 4. The number of ether oxygens (including phenoxy) is 1. The number of hydrogen-bond acceptors (Lipinski definition) is 3. The van der Waals surface area contributed by atoms with Gasteiger partial charge in [0, 0.05) is 22.5 Å². The van der Waals surface area contributed by atoms with Crippen LogP contribution in [0.4, 0.5) is 0 Å². The molecule has 1 aliphatic heterocycles. The van der Waals surface area contributed by atoms with E-state index in [1.807, 2.05) is 12.3 Å². The Balaban J connectivity index is 0.00000348. The van der Waals surface area contributed by atoms with E-state index in [9.17, 15) is 0 Å². The number of pyridine rings is 1. The van der Waals surface area contributed by atoms with Gasteiger partial charge >= 0.3 is 21.1 Å². The van der Waals surface area contributed by atoms with Crippen molar-refractivity contribution >= 4 is 49.6 Å². The summed E-state index contributed by atoms with van der Waals surface area (Å²) < 4.78 is 11.2. The summed E-state index contributed by atoms with van der Waals surface area (Å²) in [6, 6.07) is 32.2. The van der Waals surface area contributed by atoms with E-state index in [2.05, 4.69) is 123 Å². The zero-order valence-electron chi connectivity index (χ0n) is 28.9. The van der Waals surface area contributed by atoms with Crippen molar-refractivity contribution in [3.63, 3.8) is 0 Å². The summed E-state index contributed by atoms with van der Waals surface area (Å²) in [5, 5.41) is 4.74. The van der Waals surface area contributed by atoms with Crippen molar-refractivity contribution in [2.24, 2.45) is 4.99 Å². The average molecular weight is 824 g/mol. The van der Waals surface area contributed by atoms with Gasteiger partial charge in [-0.15, -0.1) is 40.8 Å². The van der Waals surface area contributed by atoms with E-state index in [1.165, 1.54) is 34.7 Å². The molecule has 0 unspecified atom stereocenters. The van der Waals surface area contributed by atoms with Crippen molar-refractivity contribution in [3.05, 3.63) is 113 Å². The predicted octanol–water partition coefficient (Wildman–Crippen LogP) is 10.4. The van der Waals surface area contributed by atoms with Crippen LogP contribution in [0.5, 0.6) is 0 Å². The van der Waals surface area contributed by atoms with Crippen molar-refractivity contribution < 1.29 is 25.8 Å². The Hall–Kier alpha value is -4.21. The SMILES string of the molecule is Cc1ccc2c(c1)c1ccc(-n3c4ccc(C(C)C)cc4c4cccnc43)[c-]c1n2-c1[c-]c(C2=N[C@@]3(C)CCCC[C@@H]3O2)c(C)cc1C.[Pt+2]. The third-order valence-corrected chi connectivity index (χ3v) is 10.9. The van der Waals surface area contributed by atoms with Crippen LogP contribution in [0.3, 0.4) is 0 Å². The Morgan fingerprint density at radius 2 is 1.63 bits per heavy atom. The molecule has 1 saturated carbocycles. The number of fused-ring (bicyclic) bond motifs is 7. The molecule has 0 saturated heterocycles. The van der Waals surface area contributed by atoms with Gasteiger partial charge in [0.25, 0.3) is 0 Å². The Bertz CT molecular complexity index is 2480. The summed E-state index contributed by atoms with van der Waals surface area (Å²) >= 11 is 0. The summed E-state index contributed by atoms with van der Waals surface area (Å²) in [5.41, 5.74) is 11.8. The predicted molar refractivity (Wildman–Crippen MR) is 197 cm³/mol. The largest absolute Gasteiger partial charge is 2.00 e. The van der Waals surface area contributed by atoms with E-state index in [0.29, 0.717) is 5.92 Å². The maximum atomic E-state index is 6.60. The number of hydrogen-bond donors (Lipinski definition) is 0. The molecule has 0 bridgehead atoms. The van der Waals surface area contributed by atoms with Crippen LogP contribution in [0.15, 0.2) is 77.9 Å². The standard InChI is InChI=1S/C43H40N4O.Pt/c1-25(2)29-13-17-36-35(22-29)32-10-9-19-44-41(32)46(36)30-14-15-31-34-20-26(3)12-16-37(34)47(39(31)23-30)38-24-33(27(4)21-28(38)5)42-45-43(6)18-8-7-11-40(43)48-42;/h9-10,12-17,19-22,25,40H,7-8,11,18H2,1-6H3;/q-2;+2/t40-,43-;/m0./s1. The smallest absolute Gasteiger partial charge is 0.514 e. The van der Waals surface area contributed by atoms with E-state index in [-0.39, 0.29) is 32.7 Å². The second-order valence-electron chi connectivity index (χ2n) is 14.6. The van der Waals surface area contributed by atoms with Crippen LogP contribution < -0.4 is 0 Å². The molecular formula is C43H40N4OPt. The minimum atomic E-state index is -0.155. The topological polar surface area (TPSA) is 44.3 Å². The van der Waals surface area contributed by atoms with Gasteiger partial charge in [-0.25, -0.2) is 4.98 Å². The zero-order valence-corrected chi connectivity index (χ0v) is 31.2. The summed E-state index contributed by atoms with van der Waals surface area (Å²) in [7, 11) is 0. The summed E-state index contributed by atoms with van der Waals surface area (Å²) in [6.45, 7) is 13.2. The molecule has 0 amide bonds. The van der Waals surface area contributed by atoms with Crippen molar-refractivity contribution in [2.75, 3.05) is 0 Å². The second kappa shape index (κ2) is 11.7. The van der Waals surface area contributed by atoms with Crippen LogP contribution in [0.1, 0.15) is 80.2 Å². The quantitative estimate of drug-likeness (QED) is 0.166. The molecule has 4 heterocycles. The van der Waals surface area contributed by atoms with Gasteiger partial charge in [-0.1, -0.05) is 74.6 Å². The zero-order chi connectivity index (χ0) is 32.9. The monoisotopic (exact) mass is 823 g/mol. The molecule has 3 aromatic heterocycles. The van der Waals surface area contributed by atoms with E-state index in [0.717, 1.165) is 79.8 Å². The maximum Gasteiger partial charge on any atom is 2.00 e. The van der Waals surface area contributed by atoms with Crippen molar-refractivity contribution in [1.29, 1.82) is 0 Å². The first-order chi connectivity index (χ1) is 23.2. The fraction of sp³-hybridized carbons (Fsp3) is 0.302. The van der Waals surface area contributed by atoms with Gasteiger partial charge in [-0.05, 0) is 86.0 Å². The Labute approximate surface area is 302 Å². The molecular weight excluding hydrogens is 784 g/mol. The third kappa shape index (κ3) is 4.91. The minimum Gasteiger partial charge on any atom is -0.514 e. The van der Waals surface area contributed by atoms with Crippen molar-refractivity contribution in [3.8, 4) is 11.4 Å². The molecule has 49 heavy (non-hydrogen) atoms. The molecule has 248 valence electrons. The molecule has 0 spiro atoms. The summed E-state index contributed by atoms with van der Waals surface area (Å²) in [4.78, 5) is 10.1. The molecule has 5 nitrogen and oxygen atoms in total. The van der Waals surface area contributed by atoms with Gasteiger partial charge in [0.2, 0.25) is 0 Å². The number of aliphatic imine (C=N–C) groups is 1. The van der Waals surface area contributed by atoms with E-state index < -0.39 is 0 Å². The van der Waals surface area contributed by atoms with Gasteiger partial charge in [-0.2, -0.15) is 6.07 Å². The first-order valence-electron chi connectivity index (χ1n) is 17.4. The molecule has 2 aliphatic rings. The Morgan fingerprint density at radius 3 is 2.45 bits per heavy atom. The Kier molecular flexibility index (Phi) is 7.64. The second-order valence-corrected chi connectivity index (χ2v) is 14.6. The van der Waals surface area contributed by atoms with Gasteiger partial charge in [0.05, 0.1) is 11.1 Å². The fourth-order valence-corrected chi connectivity index (χ4v) is 8.22. The van der Waals surface area contributed by atoms with Crippen LogP contribution in [0, 0.1) is 32.9 Å². The molecule has 0 N–H and O–H groups in total. The normalized spacial score (nSPS) is 19.1. The number of aryl methyl sites for hydroxylation is 3. The van der Waals surface area contributed by atoms with Crippen LogP contribution >= 0.6 is 0 Å². The number of aromatic nitrogens is 3. The van der Waals surface area contributed by atoms with Crippen LogP contribution in [0.25, 0.3) is 55.1 Å². The van der Waals surface area contributed by atoms with E-state index in [1.54, 1.807) is 0 Å².